The van der Waals surface area contributed by atoms with Crippen LogP contribution in [0.4, 0.5) is 5.82 Å². The van der Waals surface area contributed by atoms with Gasteiger partial charge in [0.15, 0.2) is 5.65 Å². The third-order valence-corrected chi connectivity index (χ3v) is 4.82. The zero-order chi connectivity index (χ0) is 17.9. The number of piperazine rings is 1. The number of rotatable bonds is 5. The van der Waals surface area contributed by atoms with E-state index in [0.29, 0.717) is 6.61 Å². The van der Waals surface area contributed by atoms with E-state index in [1.54, 1.807) is 11.0 Å². The fraction of sp³-hybridized carbons (Fsp3) is 0.421. The van der Waals surface area contributed by atoms with Gasteiger partial charge in [-0.3, -0.25) is 9.58 Å². The number of fused-ring (bicyclic) bond motifs is 1. The van der Waals surface area contributed by atoms with Gasteiger partial charge in [0.05, 0.1) is 18.2 Å². The van der Waals surface area contributed by atoms with Crippen molar-refractivity contribution in [2.75, 3.05) is 37.7 Å². The molecule has 3 heterocycles. The van der Waals surface area contributed by atoms with Crippen LogP contribution in [0, 0.1) is 0 Å². The molecule has 1 aliphatic heterocycles. The molecule has 0 radical (unpaired) electrons. The minimum atomic E-state index is 0.703. The Balaban J connectivity index is 1.39. The predicted molar refractivity (Wildman–Crippen MR) is 101 cm³/mol. The van der Waals surface area contributed by atoms with Crippen molar-refractivity contribution in [1.29, 1.82) is 0 Å². The summed E-state index contributed by atoms with van der Waals surface area (Å²) in [7, 11) is 1.91. The molecule has 3 aromatic rings. The van der Waals surface area contributed by atoms with Crippen molar-refractivity contribution in [2.24, 2.45) is 7.05 Å². The maximum atomic E-state index is 5.51. The molecule has 1 saturated heterocycles. The van der Waals surface area contributed by atoms with Gasteiger partial charge in [-0.25, -0.2) is 9.97 Å². The summed E-state index contributed by atoms with van der Waals surface area (Å²) in [5.41, 5.74) is 2.20. The highest BCUT2D eigenvalue weighted by atomic mass is 16.5. The van der Waals surface area contributed by atoms with E-state index >= 15 is 0 Å². The molecule has 0 saturated carbocycles. The first-order chi connectivity index (χ1) is 12.7. The summed E-state index contributed by atoms with van der Waals surface area (Å²) in [6.07, 6.45) is 3.49. The van der Waals surface area contributed by atoms with Crippen molar-refractivity contribution in [1.82, 2.24) is 24.6 Å². The van der Waals surface area contributed by atoms with E-state index in [2.05, 4.69) is 49.1 Å². The van der Waals surface area contributed by atoms with Crippen LogP contribution in [-0.4, -0.2) is 57.4 Å². The summed E-state index contributed by atoms with van der Waals surface area (Å²) in [4.78, 5) is 13.7. The molecular formula is C19H24N6O. The first-order valence-electron chi connectivity index (χ1n) is 9.06. The number of hydrogen-bond donors (Lipinski definition) is 0. The van der Waals surface area contributed by atoms with Crippen LogP contribution in [0.1, 0.15) is 12.5 Å². The highest BCUT2D eigenvalue weighted by Gasteiger charge is 2.21. The summed E-state index contributed by atoms with van der Waals surface area (Å²) in [5, 5.41) is 5.33. The molecule has 1 fully saturated rings. The zero-order valence-electron chi connectivity index (χ0n) is 15.3. The van der Waals surface area contributed by atoms with Crippen LogP contribution < -0.4 is 9.64 Å². The van der Waals surface area contributed by atoms with Crippen LogP contribution >= 0.6 is 0 Å². The molecule has 26 heavy (non-hydrogen) atoms. The lowest BCUT2D eigenvalue weighted by molar-refractivity contribution is 0.249. The third-order valence-electron chi connectivity index (χ3n) is 4.82. The van der Waals surface area contributed by atoms with E-state index in [1.807, 2.05) is 20.2 Å². The summed E-state index contributed by atoms with van der Waals surface area (Å²) in [6.45, 7) is 7.61. The Hall–Kier alpha value is -2.67. The van der Waals surface area contributed by atoms with Crippen molar-refractivity contribution in [3.63, 3.8) is 0 Å². The van der Waals surface area contributed by atoms with Gasteiger partial charge in [0.25, 0.3) is 0 Å². The summed E-state index contributed by atoms with van der Waals surface area (Å²) >= 11 is 0. The van der Waals surface area contributed by atoms with E-state index < -0.39 is 0 Å². The first kappa shape index (κ1) is 16.8. The molecular weight excluding hydrogens is 328 g/mol. The molecule has 1 aromatic carbocycles. The Morgan fingerprint density at radius 1 is 1.04 bits per heavy atom. The van der Waals surface area contributed by atoms with Crippen LogP contribution in [0.2, 0.25) is 0 Å². The molecule has 0 spiro atoms. The van der Waals surface area contributed by atoms with Gasteiger partial charge in [-0.1, -0.05) is 12.1 Å². The van der Waals surface area contributed by atoms with Gasteiger partial charge >= 0.3 is 0 Å². The van der Waals surface area contributed by atoms with E-state index in [-0.39, 0.29) is 0 Å². The van der Waals surface area contributed by atoms with E-state index in [9.17, 15) is 0 Å². The predicted octanol–water partition coefficient (Wildman–Crippen LogP) is 2.08. The number of aromatic nitrogens is 4. The standard InChI is InChI=1S/C19H24N6O/c1-3-26-16-6-4-15(5-7-16)13-24-8-10-25(11-9-24)19-17-12-22-23(2)18(17)20-14-21-19/h4-7,12,14H,3,8-11,13H2,1-2H3. The Kier molecular flexibility index (Phi) is 4.71. The third kappa shape index (κ3) is 3.35. The molecule has 7 heteroatoms. The summed E-state index contributed by atoms with van der Waals surface area (Å²) in [5.74, 6) is 1.93. The maximum absolute atomic E-state index is 5.51. The van der Waals surface area contributed by atoms with E-state index in [0.717, 1.165) is 55.3 Å². The molecule has 1 aliphatic rings. The van der Waals surface area contributed by atoms with Crippen molar-refractivity contribution < 1.29 is 4.74 Å². The number of hydrogen-bond acceptors (Lipinski definition) is 6. The molecule has 0 amide bonds. The minimum absolute atomic E-state index is 0.703. The Bertz CT molecular complexity index is 867. The number of ether oxygens (including phenoxy) is 1. The highest BCUT2D eigenvalue weighted by molar-refractivity contribution is 5.86. The largest absolute Gasteiger partial charge is 0.494 e. The second-order valence-electron chi connectivity index (χ2n) is 6.54. The van der Waals surface area contributed by atoms with Gasteiger partial charge in [0.2, 0.25) is 0 Å². The van der Waals surface area contributed by atoms with Crippen molar-refractivity contribution in [3.8, 4) is 5.75 Å². The molecule has 0 atom stereocenters. The van der Waals surface area contributed by atoms with E-state index in [1.165, 1.54) is 5.56 Å². The Morgan fingerprint density at radius 3 is 2.54 bits per heavy atom. The average molecular weight is 352 g/mol. The van der Waals surface area contributed by atoms with Crippen molar-refractivity contribution >= 4 is 16.9 Å². The molecule has 0 unspecified atom stereocenters. The zero-order valence-corrected chi connectivity index (χ0v) is 15.3. The maximum Gasteiger partial charge on any atom is 0.163 e. The van der Waals surface area contributed by atoms with Crippen LogP contribution in [0.5, 0.6) is 5.75 Å². The van der Waals surface area contributed by atoms with E-state index in [4.69, 9.17) is 4.74 Å². The Labute approximate surface area is 153 Å². The second-order valence-corrected chi connectivity index (χ2v) is 6.54. The summed E-state index contributed by atoms with van der Waals surface area (Å²) < 4.78 is 7.31. The average Bonchev–Trinajstić information content (AvgIpc) is 3.06. The fourth-order valence-electron chi connectivity index (χ4n) is 3.44. The highest BCUT2D eigenvalue weighted by Crippen LogP contribution is 2.23. The van der Waals surface area contributed by atoms with Crippen LogP contribution in [0.3, 0.4) is 0 Å². The van der Waals surface area contributed by atoms with Gasteiger partial charge in [-0.15, -0.1) is 0 Å². The lowest BCUT2D eigenvalue weighted by atomic mass is 10.2. The monoisotopic (exact) mass is 352 g/mol. The molecule has 0 bridgehead atoms. The first-order valence-corrected chi connectivity index (χ1v) is 9.06. The SMILES string of the molecule is CCOc1ccc(CN2CCN(c3ncnc4c3cnn4C)CC2)cc1. The van der Waals surface area contributed by atoms with Gasteiger partial charge < -0.3 is 9.64 Å². The van der Waals surface area contributed by atoms with Gasteiger partial charge in [0, 0.05) is 39.8 Å². The van der Waals surface area contributed by atoms with Gasteiger partial charge in [-0.2, -0.15) is 5.10 Å². The smallest absolute Gasteiger partial charge is 0.163 e. The molecule has 0 N–H and O–H groups in total. The van der Waals surface area contributed by atoms with Crippen molar-refractivity contribution in [2.45, 2.75) is 13.5 Å². The molecule has 136 valence electrons. The molecule has 2 aromatic heterocycles. The number of anilines is 1. The lowest BCUT2D eigenvalue weighted by Gasteiger charge is -2.35. The lowest BCUT2D eigenvalue weighted by Crippen LogP contribution is -2.46. The number of nitrogens with zero attached hydrogens (tertiary/aromatic N) is 6. The number of aryl methyl sites for hydroxylation is 1. The van der Waals surface area contributed by atoms with Crippen LogP contribution in [0.15, 0.2) is 36.8 Å². The molecule has 7 nitrogen and oxygen atoms in total. The molecule has 4 rings (SSSR count). The number of benzene rings is 1. The minimum Gasteiger partial charge on any atom is -0.494 e. The van der Waals surface area contributed by atoms with Crippen LogP contribution in [0.25, 0.3) is 11.0 Å². The van der Waals surface area contributed by atoms with Crippen molar-refractivity contribution in [3.05, 3.63) is 42.4 Å². The summed E-state index contributed by atoms with van der Waals surface area (Å²) in [6, 6.07) is 8.41. The quantitative estimate of drug-likeness (QED) is 0.701. The second kappa shape index (κ2) is 7.29. The van der Waals surface area contributed by atoms with Crippen LogP contribution in [-0.2, 0) is 13.6 Å². The Morgan fingerprint density at radius 2 is 1.81 bits per heavy atom. The molecule has 0 aliphatic carbocycles. The van der Waals surface area contributed by atoms with Gasteiger partial charge in [-0.05, 0) is 24.6 Å². The topological polar surface area (TPSA) is 59.3 Å². The fourth-order valence-corrected chi connectivity index (χ4v) is 3.44. The normalized spacial score (nSPS) is 15.5. The van der Waals surface area contributed by atoms with Gasteiger partial charge in [0.1, 0.15) is 17.9 Å².